The van der Waals surface area contributed by atoms with Gasteiger partial charge in [0.15, 0.2) is 0 Å². The number of halogens is 1. The maximum Gasteiger partial charge on any atom is 0.243 e. The largest absolute Gasteiger partial charge is 0.383 e. The Balaban J connectivity index is 2.91. The van der Waals surface area contributed by atoms with Crippen LogP contribution in [0.15, 0.2) is 23.2 Å². The Labute approximate surface area is 99.8 Å². The number of nitrogens with zero attached hydrogens (tertiary/aromatic N) is 1. The highest BCUT2D eigenvalue weighted by Crippen LogP contribution is 2.17. The minimum atomic E-state index is -3.64. The average Bonchev–Trinajstić information content (AvgIpc) is 2.17. The molecule has 1 aromatic heterocycles. The molecule has 0 radical (unpaired) electrons. The predicted octanol–water partition coefficient (Wildman–Crippen LogP) is 1.05. The van der Waals surface area contributed by atoms with Gasteiger partial charge in [0.25, 0.3) is 0 Å². The third-order valence-corrected chi connectivity index (χ3v) is 3.82. The fourth-order valence-electron chi connectivity index (χ4n) is 1.18. The summed E-state index contributed by atoms with van der Waals surface area (Å²) in [5.74, 6) is 0. The molecular weight excluding hydrogens is 252 g/mol. The SMILES string of the molecule is COCC(C)NS(=O)(=O)c1cccnc1Cl. The van der Waals surface area contributed by atoms with Gasteiger partial charge in [0, 0.05) is 19.3 Å². The van der Waals surface area contributed by atoms with E-state index < -0.39 is 10.0 Å². The molecule has 0 aliphatic carbocycles. The molecule has 0 spiro atoms. The highest BCUT2D eigenvalue weighted by atomic mass is 35.5. The van der Waals surface area contributed by atoms with E-state index in [0.717, 1.165) is 0 Å². The van der Waals surface area contributed by atoms with E-state index in [2.05, 4.69) is 9.71 Å². The Hall–Kier alpha value is -0.690. The van der Waals surface area contributed by atoms with Gasteiger partial charge in [0.2, 0.25) is 10.0 Å². The number of hydrogen-bond donors (Lipinski definition) is 1. The van der Waals surface area contributed by atoms with Crippen LogP contribution >= 0.6 is 11.6 Å². The molecule has 7 heteroatoms. The van der Waals surface area contributed by atoms with E-state index >= 15 is 0 Å². The van der Waals surface area contributed by atoms with Crippen LogP contribution in [0.4, 0.5) is 0 Å². The smallest absolute Gasteiger partial charge is 0.243 e. The van der Waals surface area contributed by atoms with Gasteiger partial charge in [0.1, 0.15) is 10.0 Å². The van der Waals surface area contributed by atoms with Crippen molar-refractivity contribution in [1.82, 2.24) is 9.71 Å². The van der Waals surface area contributed by atoms with Crippen LogP contribution in [0.3, 0.4) is 0 Å². The van der Waals surface area contributed by atoms with Gasteiger partial charge in [-0.3, -0.25) is 0 Å². The summed E-state index contributed by atoms with van der Waals surface area (Å²) in [6, 6.07) is 2.59. The summed E-state index contributed by atoms with van der Waals surface area (Å²) >= 11 is 5.71. The van der Waals surface area contributed by atoms with Crippen molar-refractivity contribution in [3.63, 3.8) is 0 Å². The lowest BCUT2D eigenvalue weighted by molar-refractivity contribution is 0.180. The van der Waals surface area contributed by atoms with Crippen molar-refractivity contribution in [2.24, 2.45) is 0 Å². The number of pyridine rings is 1. The van der Waals surface area contributed by atoms with Crippen LogP contribution in [0.2, 0.25) is 5.15 Å². The molecule has 1 rings (SSSR count). The number of ether oxygens (including phenoxy) is 1. The third-order valence-electron chi connectivity index (χ3n) is 1.79. The zero-order valence-electron chi connectivity index (χ0n) is 8.97. The summed E-state index contributed by atoms with van der Waals surface area (Å²) in [5.41, 5.74) is 0. The number of hydrogen-bond acceptors (Lipinski definition) is 4. The second kappa shape index (κ2) is 5.58. The van der Waals surface area contributed by atoms with E-state index in [1.165, 1.54) is 25.4 Å². The minimum Gasteiger partial charge on any atom is -0.383 e. The Kier molecular flexibility index (Phi) is 4.67. The molecule has 1 atom stereocenters. The molecule has 16 heavy (non-hydrogen) atoms. The van der Waals surface area contributed by atoms with Crippen LogP contribution in [0.25, 0.3) is 0 Å². The van der Waals surface area contributed by atoms with Gasteiger partial charge in [-0.25, -0.2) is 18.1 Å². The number of sulfonamides is 1. The molecule has 1 N–H and O–H groups in total. The summed E-state index contributed by atoms with van der Waals surface area (Å²) < 4.78 is 31.0. The van der Waals surface area contributed by atoms with Crippen LogP contribution < -0.4 is 4.72 Å². The van der Waals surface area contributed by atoms with Crippen molar-refractivity contribution in [2.45, 2.75) is 17.9 Å². The summed E-state index contributed by atoms with van der Waals surface area (Å²) in [4.78, 5) is 3.69. The molecule has 0 bridgehead atoms. The van der Waals surface area contributed by atoms with Crippen LogP contribution in [0.1, 0.15) is 6.92 Å². The molecule has 0 saturated heterocycles. The van der Waals surface area contributed by atoms with Gasteiger partial charge in [-0.15, -0.1) is 0 Å². The Bertz CT molecular complexity index is 450. The number of rotatable bonds is 5. The monoisotopic (exact) mass is 264 g/mol. The topological polar surface area (TPSA) is 68.3 Å². The Morgan fingerprint density at radius 2 is 2.31 bits per heavy atom. The molecule has 0 aliphatic rings. The minimum absolute atomic E-state index is 0.0281. The fourth-order valence-corrected chi connectivity index (χ4v) is 2.87. The van der Waals surface area contributed by atoms with E-state index in [9.17, 15) is 8.42 Å². The van der Waals surface area contributed by atoms with Crippen LogP contribution in [0.5, 0.6) is 0 Å². The summed E-state index contributed by atoms with van der Waals surface area (Å²) in [6.45, 7) is 1.99. The van der Waals surface area contributed by atoms with Gasteiger partial charge in [-0.1, -0.05) is 11.6 Å². The quantitative estimate of drug-likeness (QED) is 0.807. The molecule has 0 aliphatic heterocycles. The van der Waals surface area contributed by atoms with Crippen LogP contribution in [0, 0.1) is 0 Å². The van der Waals surface area contributed by atoms with Crippen LogP contribution in [-0.2, 0) is 14.8 Å². The number of nitrogens with one attached hydrogen (secondary N) is 1. The van der Waals surface area contributed by atoms with Crippen molar-refractivity contribution in [1.29, 1.82) is 0 Å². The van der Waals surface area contributed by atoms with Gasteiger partial charge < -0.3 is 4.74 Å². The lowest BCUT2D eigenvalue weighted by atomic mass is 10.4. The normalized spacial score (nSPS) is 13.7. The summed E-state index contributed by atoms with van der Waals surface area (Å²) in [5, 5.41) is -0.0420. The van der Waals surface area contributed by atoms with Gasteiger partial charge >= 0.3 is 0 Å². The van der Waals surface area contributed by atoms with Crippen molar-refractivity contribution < 1.29 is 13.2 Å². The number of aromatic nitrogens is 1. The van der Waals surface area contributed by atoms with Gasteiger partial charge in [-0.05, 0) is 19.1 Å². The molecule has 1 aromatic rings. The molecule has 5 nitrogen and oxygen atoms in total. The van der Waals surface area contributed by atoms with Crippen molar-refractivity contribution in [3.8, 4) is 0 Å². The zero-order valence-corrected chi connectivity index (χ0v) is 10.5. The Morgan fingerprint density at radius 1 is 1.62 bits per heavy atom. The molecule has 1 unspecified atom stereocenters. The first-order valence-electron chi connectivity index (χ1n) is 4.59. The van der Waals surface area contributed by atoms with E-state index in [1.54, 1.807) is 6.92 Å². The fraction of sp³-hybridized carbons (Fsp3) is 0.444. The maximum atomic E-state index is 11.8. The van der Waals surface area contributed by atoms with Crippen molar-refractivity contribution in [3.05, 3.63) is 23.5 Å². The summed E-state index contributed by atoms with van der Waals surface area (Å²) in [7, 11) is -2.13. The first-order chi connectivity index (χ1) is 7.47. The molecule has 0 aromatic carbocycles. The van der Waals surface area contributed by atoms with Gasteiger partial charge in [-0.2, -0.15) is 0 Å². The maximum absolute atomic E-state index is 11.8. The number of methoxy groups -OCH3 is 1. The summed E-state index contributed by atoms with van der Waals surface area (Å²) in [6.07, 6.45) is 1.43. The van der Waals surface area contributed by atoms with E-state index in [1.807, 2.05) is 0 Å². The molecule has 90 valence electrons. The second-order valence-electron chi connectivity index (χ2n) is 3.27. The Morgan fingerprint density at radius 3 is 2.88 bits per heavy atom. The predicted molar refractivity (Wildman–Crippen MR) is 60.9 cm³/mol. The molecule has 1 heterocycles. The molecular formula is C9H13ClN2O3S. The van der Waals surface area contributed by atoms with Crippen molar-refractivity contribution in [2.75, 3.05) is 13.7 Å². The van der Waals surface area contributed by atoms with Gasteiger partial charge in [0.05, 0.1) is 6.61 Å². The lowest BCUT2D eigenvalue weighted by Crippen LogP contribution is -2.35. The van der Waals surface area contributed by atoms with Crippen molar-refractivity contribution >= 4 is 21.6 Å². The highest BCUT2D eigenvalue weighted by Gasteiger charge is 2.20. The lowest BCUT2D eigenvalue weighted by Gasteiger charge is -2.13. The molecule has 0 fully saturated rings. The first kappa shape index (κ1) is 13.4. The first-order valence-corrected chi connectivity index (χ1v) is 6.45. The highest BCUT2D eigenvalue weighted by molar-refractivity contribution is 7.89. The standard InChI is InChI=1S/C9H13ClN2O3S/c1-7(6-15-2)12-16(13,14)8-4-3-5-11-9(8)10/h3-5,7,12H,6H2,1-2H3. The third kappa shape index (κ3) is 3.41. The average molecular weight is 265 g/mol. The zero-order chi connectivity index (χ0) is 12.2. The van der Waals surface area contributed by atoms with E-state index in [-0.39, 0.29) is 22.7 Å². The second-order valence-corrected chi connectivity index (χ2v) is 5.31. The van der Waals surface area contributed by atoms with E-state index in [0.29, 0.717) is 0 Å². The molecule has 0 amide bonds. The molecule has 0 saturated carbocycles. The van der Waals surface area contributed by atoms with E-state index in [4.69, 9.17) is 16.3 Å². The van der Waals surface area contributed by atoms with Crippen LogP contribution in [-0.4, -0.2) is 33.2 Å².